The first-order chi connectivity index (χ1) is 22.6. The van der Waals surface area contributed by atoms with E-state index >= 15 is 0 Å². The lowest BCUT2D eigenvalue weighted by atomic mass is 9.84. The van der Waals surface area contributed by atoms with E-state index in [9.17, 15) is 0 Å². The predicted octanol–water partition coefficient (Wildman–Crippen LogP) is 12.8. The Hall–Kier alpha value is -2.90. The quantitative estimate of drug-likeness (QED) is 0.188. The van der Waals surface area contributed by atoms with E-state index in [0.717, 1.165) is 0 Å². The highest BCUT2D eigenvalue weighted by atomic mass is 28.3. The second-order valence-corrected chi connectivity index (χ2v) is 23.8. The Morgan fingerprint density at radius 3 is 1.83 bits per heavy atom. The Morgan fingerprint density at radius 1 is 0.646 bits per heavy atom. The van der Waals surface area contributed by atoms with Crippen molar-refractivity contribution in [3.05, 3.63) is 117 Å². The lowest BCUT2D eigenvalue weighted by molar-refractivity contribution is 0.381. The first-order valence-electron chi connectivity index (χ1n) is 19.1. The van der Waals surface area contributed by atoms with Gasteiger partial charge in [0, 0.05) is 0 Å². The number of fused-ring (bicyclic) bond motifs is 3. The van der Waals surface area contributed by atoms with Crippen LogP contribution in [0.1, 0.15) is 124 Å². The van der Waals surface area contributed by atoms with Gasteiger partial charge in [0.25, 0.3) is 0 Å². The molecule has 4 aromatic carbocycles. The number of aryl methyl sites for hydroxylation is 1. The highest BCUT2D eigenvalue weighted by Crippen LogP contribution is 2.58. The van der Waals surface area contributed by atoms with E-state index in [1.165, 1.54) is 59.9 Å². The molecule has 7 rings (SSSR count). The zero-order chi connectivity index (χ0) is 34.3. The number of benzene rings is 4. The van der Waals surface area contributed by atoms with E-state index in [0.29, 0.717) is 28.8 Å². The second kappa shape index (κ2) is 11.9. The number of rotatable bonds is 5. The molecule has 48 heavy (non-hydrogen) atoms. The van der Waals surface area contributed by atoms with Crippen molar-refractivity contribution in [2.75, 3.05) is 0 Å². The van der Waals surface area contributed by atoms with Crippen molar-refractivity contribution in [1.82, 2.24) is 0 Å². The first-order valence-corrected chi connectivity index (χ1v) is 22.2. The molecule has 4 atom stereocenters. The Labute approximate surface area is 293 Å². The zero-order valence-corrected chi connectivity index (χ0v) is 32.9. The Balaban J connectivity index is 1.33. The summed E-state index contributed by atoms with van der Waals surface area (Å²) in [5.74, 6) is 2.05. The molecule has 0 bridgehead atoms. The minimum atomic E-state index is -1.88. The Morgan fingerprint density at radius 2 is 1.25 bits per heavy atom. The summed E-state index contributed by atoms with van der Waals surface area (Å²) in [6, 6.07) is 29.3. The van der Waals surface area contributed by atoms with Gasteiger partial charge in [0.1, 0.15) is 0 Å². The fraction of sp³-hybridized carbons (Fsp3) is 0.489. The van der Waals surface area contributed by atoms with Crippen LogP contribution >= 0.6 is 0 Å². The summed E-state index contributed by atoms with van der Waals surface area (Å²) in [4.78, 5) is 0. The van der Waals surface area contributed by atoms with Crippen LogP contribution < -0.4 is 0 Å². The van der Waals surface area contributed by atoms with E-state index in [-0.39, 0.29) is 10.8 Å². The summed E-state index contributed by atoms with van der Waals surface area (Å²) in [7, 11) is -1.88. The van der Waals surface area contributed by atoms with Gasteiger partial charge >= 0.3 is 0 Å². The van der Waals surface area contributed by atoms with Gasteiger partial charge in [-0.05, 0) is 139 Å². The van der Waals surface area contributed by atoms with Crippen molar-refractivity contribution in [2.24, 2.45) is 17.8 Å². The lowest BCUT2D eigenvalue weighted by Gasteiger charge is -2.43. The minimum Gasteiger partial charge on any atom is -0.0684 e. The van der Waals surface area contributed by atoms with Crippen LogP contribution in [0.25, 0.3) is 22.3 Å². The standard InChI is InChI=1S/C47H60Si/c1-29(2)39-28-40-36(31-18-22-34(23-19-31)46(4,5)6)15-13-17-38(40)45(39)48(10,11)44-30(3)26-41-42(44)27-33-14-12-16-37(33)43(41)32-20-24-35(25-21-32)47(7,8)9/h13,15,17-25,27,29-30,39,44-45H,12,14,16,26,28H2,1-11H3. The monoisotopic (exact) mass is 652 g/mol. The molecule has 3 aliphatic rings. The molecule has 0 heterocycles. The molecule has 0 aromatic heterocycles. The Kier molecular flexibility index (Phi) is 8.30. The maximum atomic E-state index is 2.79. The van der Waals surface area contributed by atoms with Crippen LogP contribution in [0, 0.1) is 17.8 Å². The summed E-state index contributed by atoms with van der Waals surface area (Å²) in [6.45, 7) is 27.1. The van der Waals surface area contributed by atoms with Gasteiger partial charge in [-0.3, -0.25) is 0 Å². The van der Waals surface area contributed by atoms with Crippen LogP contribution in [0.3, 0.4) is 0 Å². The normalized spacial score (nSPS) is 22.2. The maximum Gasteiger partial charge on any atom is 0.0635 e. The molecule has 0 nitrogen and oxygen atoms in total. The third-order valence-corrected chi connectivity index (χ3v) is 17.8. The van der Waals surface area contributed by atoms with E-state index in [1.807, 2.05) is 0 Å². The van der Waals surface area contributed by atoms with Crippen LogP contribution in [-0.2, 0) is 36.5 Å². The molecule has 0 N–H and O–H groups in total. The van der Waals surface area contributed by atoms with Gasteiger partial charge in [0.2, 0.25) is 0 Å². The van der Waals surface area contributed by atoms with Crippen LogP contribution in [0.2, 0.25) is 13.1 Å². The number of hydrogen-bond donors (Lipinski definition) is 0. The number of hydrogen-bond acceptors (Lipinski definition) is 0. The molecule has 0 saturated heterocycles. The van der Waals surface area contributed by atoms with Crippen LogP contribution in [0.15, 0.2) is 72.8 Å². The van der Waals surface area contributed by atoms with Crippen molar-refractivity contribution < 1.29 is 0 Å². The van der Waals surface area contributed by atoms with E-state index < -0.39 is 8.07 Å². The van der Waals surface area contributed by atoms with Crippen LogP contribution in [0.4, 0.5) is 0 Å². The molecule has 0 saturated carbocycles. The van der Waals surface area contributed by atoms with Gasteiger partial charge in [-0.1, -0.05) is 148 Å². The van der Waals surface area contributed by atoms with Crippen molar-refractivity contribution in [3.8, 4) is 22.3 Å². The largest absolute Gasteiger partial charge is 0.0684 e. The fourth-order valence-corrected chi connectivity index (χ4v) is 16.3. The fourth-order valence-electron chi connectivity index (χ4n) is 10.6. The van der Waals surface area contributed by atoms with Crippen molar-refractivity contribution in [3.63, 3.8) is 0 Å². The molecule has 0 spiro atoms. The molecule has 1 heteroatoms. The van der Waals surface area contributed by atoms with Gasteiger partial charge in [-0.15, -0.1) is 0 Å². The van der Waals surface area contributed by atoms with Gasteiger partial charge in [-0.2, -0.15) is 0 Å². The second-order valence-electron chi connectivity index (χ2n) is 18.9. The van der Waals surface area contributed by atoms with Crippen molar-refractivity contribution in [2.45, 2.75) is 129 Å². The van der Waals surface area contributed by atoms with Crippen LogP contribution in [-0.4, -0.2) is 8.07 Å². The molecular formula is C47H60Si. The van der Waals surface area contributed by atoms with Crippen molar-refractivity contribution in [1.29, 1.82) is 0 Å². The molecule has 3 aliphatic carbocycles. The van der Waals surface area contributed by atoms with Gasteiger partial charge in [-0.25, -0.2) is 0 Å². The molecule has 252 valence electrons. The molecular weight excluding hydrogens is 593 g/mol. The van der Waals surface area contributed by atoms with Gasteiger partial charge in [0.05, 0.1) is 8.07 Å². The molecule has 0 aliphatic heterocycles. The van der Waals surface area contributed by atoms with Gasteiger partial charge < -0.3 is 0 Å². The van der Waals surface area contributed by atoms with E-state index in [4.69, 9.17) is 0 Å². The summed E-state index contributed by atoms with van der Waals surface area (Å²) >= 11 is 0. The average Bonchev–Trinajstić information content (AvgIpc) is 3.74. The van der Waals surface area contributed by atoms with Gasteiger partial charge in [0.15, 0.2) is 0 Å². The summed E-state index contributed by atoms with van der Waals surface area (Å²) in [5, 5.41) is 0. The topological polar surface area (TPSA) is 0 Å². The lowest BCUT2D eigenvalue weighted by Crippen LogP contribution is -2.46. The highest BCUT2D eigenvalue weighted by molar-refractivity contribution is 6.80. The predicted molar refractivity (Wildman–Crippen MR) is 211 cm³/mol. The molecule has 4 unspecified atom stereocenters. The molecule has 0 amide bonds. The van der Waals surface area contributed by atoms with E-state index in [2.05, 4.69) is 148 Å². The summed E-state index contributed by atoms with van der Waals surface area (Å²) < 4.78 is 0. The molecule has 4 aromatic rings. The van der Waals surface area contributed by atoms with E-state index in [1.54, 1.807) is 38.9 Å². The first kappa shape index (κ1) is 33.6. The third kappa shape index (κ3) is 5.57. The SMILES string of the molecule is CC(C)C1Cc2c(-c3ccc(C(C)(C)C)cc3)cccc2C1[Si](C)(C)C1c2cc3c(c(-c4ccc(C(C)(C)C)cc4)c2CC1C)CCC3. The Bertz CT molecular complexity index is 1820. The summed E-state index contributed by atoms with van der Waals surface area (Å²) in [6.07, 6.45) is 6.24. The zero-order valence-electron chi connectivity index (χ0n) is 31.9. The maximum absolute atomic E-state index is 2.79. The molecule has 0 radical (unpaired) electrons. The average molecular weight is 653 g/mol. The van der Waals surface area contributed by atoms with Crippen LogP contribution in [0.5, 0.6) is 0 Å². The third-order valence-electron chi connectivity index (χ3n) is 12.9. The molecule has 0 fully saturated rings. The highest BCUT2D eigenvalue weighted by Gasteiger charge is 2.53. The smallest absolute Gasteiger partial charge is 0.0635 e. The summed E-state index contributed by atoms with van der Waals surface area (Å²) in [5.41, 5.74) is 20.6. The minimum absolute atomic E-state index is 0.171. The van der Waals surface area contributed by atoms with Crippen molar-refractivity contribution >= 4 is 8.07 Å².